The molecule has 0 radical (unpaired) electrons. The molecule has 0 N–H and O–H groups in total. The summed E-state index contributed by atoms with van der Waals surface area (Å²) in [6.07, 6.45) is 3.55. The van der Waals surface area contributed by atoms with Crippen LogP contribution in [0.3, 0.4) is 0 Å². The molecule has 0 saturated heterocycles. The Hall–Kier alpha value is -2.23. The van der Waals surface area contributed by atoms with E-state index in [1.54, 1.807) is 24.5 Å². The number of pyridine rings is 1. The highest BCUT2D eigenvalue weighted by atomic mass is 16.6. The van der Waals surface area contributed by atoms with E-state index in [0.717, 1.165) is 5.56 Å². The molecule has 0 fully saturated rings. The molecule has 98 valence electrons. The second kappa shape index (κ2) is 5.61. The van der Waals surface area contributed by atoms with Gasteiger partial charge in [-0.05, 0) is 29.2 Å². The molecule has 2 rings (SSSR count). The minimum absolute atomic E-state index is 0.126. The van der Waals surface area contributed by atoms with E-state index in [2.05, 4.69) is 18.8 Å². The van der Waals surface area contributed by atoms with Crippen LogP contribution in [0, 0.1) is 16.0 Å². The lowest BCUT2D eigenvalue weighted by molar-refractivity contribution is -0.384. The predicted octanol–water partition coefficient (Wildman–Crippen LogP) is 3.78. The van der Waals surface area contributed by atoms with Gasteiger partial charge in [0, 0.05) is 30.4 Å². The molecule has 1 atom stereocenters. The summed E-state index contributed by atoms with van der Waals surface area (Å²) in [7, 11) is 0. The van der Waals surface area contributed by atoms with E-state index >= 15 is 0 Å². The smallest absolute Gasteiger partial charge is 0.265 e. The van der Waals surface area contributed by atoms with Crippen molar-refractivity contribution in [3.05, 3.63) is 70.0 Å². The lowest BCUT2D eigenvalue weighted by Crippen LogP contribution is -2.08. The molecule has 2 aromatic rings. The van der Waals surface area contributed by atoms with Gasteiger partial charge in [-0.3, -0.25) is 15.1 Å². The lowest BCUT2D eigenvalue weighted by atomic mass is 9.83. The third-order valence-electron chi connectivity index (χ3n) is 3.19. The minimum Gasteiger partial charge on any atom is -0.265 e. The van der Waals surface area contributed by atoms with Crippen LogP contribution in [0.25, 0.3) is 0 Å². The summed E-state index contributed by atoms with van der Waals surface area (Å²) in [4.78, 5) is 14.3. The van der Waals surface area contributed by atoms with Gasteiger partial charge < -0.3 is 0 Å². The summed E-state index contributed by atoms with van der Waals surface area (Å²) >= 11 is 0. The summed E-state index contributed by atoms with van der Waals surface area (Å²) < 4.78 is 0. The van der Waals surface area contributed by atoms with E-state index in [1.807, 2.05) is 24.3 Å². The summed E-state index contributed by atoms with van der Waals surface area (Å²) in [6, 6.07) is 10.8. The Morgan fingerprint density at radius 3 is 2.00 bits per heavy atom. The first-order valence-electron chi connectivity index (χ1n) is 6.24. The monoisotopic (exact) mass is 256 g/mol. The van der Waals surface area contributed by atoms with Crippen molar-refractivity contribution in [3.8, 4) is 0 Å². The number of benzene rings is 1. The number of aromatic nitrogens is 1. The molecule has 1 heterocycles. The molecule has 0 aliphatic rings. The maximum Gasteiger partial charge on any atom is 0.269 e. The zero-order valence-corrected chi connectivity index (χ0v) is 11.0. The fourth-order valence-corrected chi connectivity index (χ4v) is 2.34. The molecule has 0 aliphatic heterocycles. The van der Waals surface area contributed by atoms with Crippen LogP contribution in [0.2, 0.25) is 0 Å². The van der Waals surface area contributed by atoms with Gasteiger partial charge in [0.15, 0.2) is 0 Å². The summed E-state index contributed by atoms with van der Waals surface area (Å²) in [6.45, 7) is 4.29. The number of nitro groups is 1. The largest absolute Gasteiger partial charge is 0.269 e. The molecule has 0 spiro atoms. The maximum absolute atomic E-state index is 10.7. The van der Waals surface area contributed by atoms with Crippen molar-refractivity contribution in [2.75, 3.05) is 0 Å². The number of nitro benzene ring substituents is 1. The second-order valence-corrected chi connectivity index (χ2v) is 4.85. The van der Waals surface area contributed by atoms with Crippen molar-refractivity contribution in [2.45, 2.75) is 19.8 Å². The minimum atomic E-state index is -0.374. The molecular formula is C15H16N2O2. The topological polar surface area (TPSA) is 56.0 Å². The Labute approximate surface area is 112 Å². The van der Waals surface area contributed by atoms with Gasteiger partial charge in [0.2, 0.25) is 0 Å². The highest BCUT2D eigenvalue weighted by molar-refractivity contribution is 5.38. The van der Waals surface area contributed by atoms with Crippen LogP contribution in [0.15, 0.2) is 48.8 Å². The van der Waals surface area contributed by atoms with Crippen molar-refractivity contribution in [1.82, 2.24) is 4.98 Å². The van der Waals surface area contributed by atoms with Gasteiger partial charge in [-0.1, -0.05) is 26.0 Å². The van der Waals surface area contributed by atoms with Crippen molar-refractivity contribution >= 4 is 5.69 Å². The zero-order valence-electron chi connectivity index (χ0n) is 11.0. The first-order chi connectivity index (χ1) is 9.09. The molecule has 0 aliphatic carbocycles. The van der Waals surface area contributed by atoms with Gasteiger partial charge in [0.05, 0.1) is 4.92 Å². The Bertz CT molecular complexity index is 550. The Morgan fingerprint density at radius 2 is 1.53 bits per heavy atom. The first-order valence-corrected chi connectivity index (χ1v) is 6.24. The molecule has 0 amide bonds. The molecule has 1 aromatic carbocycles. The fraction of sp³-hybridized carbons (Fsp3) is 0.267. The van der Waals surface area contributed by atoms with E-state index in [1.165, 1.54) is 5.56 Å². The van der Waals surface area contributed by atoms with Crippen molar-refractivity contribution in [3.63, 3.8) is 0 Å². The fourth-order valence-electron chi connectivity index (χ4n) is 2.34. The van der Waals surface area contributed by atoms with E-state index in [4.69, 9.17) is 0 Å². The number of hydrogen-bond acceptors (Lipinski definition) is 3. The molecule has 1 aromatic heterocycles. The van der Waals surface area contributed by atoms with Gasteiger partial charge in [-0.2, -0.15) is 0 Å². The number of non-ortho nitro benzene ring substituents is 1. The molecular weight excluding hydrogens is 240 g/mol. The van der Waals surface area contributed by atoms with Gasteiger partial charge in [-0.15, -0.1) is 0 Å². The molecule has 1 unspecified atom stereocenters. The van der Waals surface area contributed by atoms with Crippen LogP contribution < -0.4 is 0 Å². The van der Waals surface area contributed by atoms with E-state index in [9.17, 15) is 10.1 Å². The average molecular weight is 256 g/mol. The van der Waals surface area contributed by atoms with Crippen LogP contribution >= 0.6 is 0 Å². The van der Waals surface area contributed by atoms with Crippen LogP contribution in [-0.4, -0.2) is 9.91 Å². The SMILES string of the molecule is CC(C)C(c1ccncc1)c1ccc([N+](=O)[O-])cc1. The number of hydrogen-bond donors (Lipinski definition) is 0. The lowest BCUT2D eigenvalue weighted by Gasteiger charge is -2.21. The molecule has 0 saturated carbocycles. The third-order valence-corrected chi connectivity index (χ3v) is 3.19. The van der Waals surface area contributed by atoms with Crippen molar-refractivity contribution in [2.24, 2.45) is 5.92 Å². The van der Waals surface area contributed by atoms with Crippen molar-refractivity contribution < 1.29 is 4.92 Å². The first kappa shape index (κ1) is 13.2. The highest BCUT2D eigenvalue weighted by Crippen LogP contribution is 2.32. The third kappa shape index (κ3) is 2.96. The van der Waals surface area contributed by atoms with E-state index in [-0.39, 0.29) is 16.5 Å². The van der Waals surface area contributed by atoms with Gasteiger partial charge in [-0.25, -0.2) is 0 Å². The predicted molar refractivity (Wildman–Crippen MR) is 74.0 cm³/mol. The Morgan fingerprint density at radius 1 is 1.00 bits per heavy atom. The Balaban J connectivity index is 2.37. The Kier molecular flexibility index (Phi) is 3.90. The van der Waals surface area contributed by atoms with Gasteiger partial charge >= 0.3 is 0 Å². The van der Waals surface area contributed by atoms with Gasteiger partial charge in [0.1, 0.15) is 0 Å². The maximum atomic E-state index is 10.7. The zero-order chi connectivity index (χ0) is 13.8. The molecule has 4 heteroatoms. The average Bonchev–Trinajstić information content (AvgIpc) is 2.40. The summed E-state index contributed by atoms with van der Waals surface area (Å²) in [5, 5.41) is 10.7. The normalized spacial score (nSPS) is 12.4. The quantitative estimate of drug-likeness (QED) is 0.618. The molecule has 19 heavy (non-hydrogen) atoms. The van der Waals surface area contributed by atoms with Crippen LogP contribution in [0.4, 0.5) is 5.69 Å². The van der Waals surface area contributed by atoms with E-state index in [0.29, 0.717) is 5.92 Å². The second-order valence-electron chi connectivity index (χ2n) is 4.85. The molecule has 4 nitrogen and oxygen atoms in total. The van der Waals surface area contributed by atoms with Crippen molar-refractivity contribution in [1.29, 1.82) is 0 Å². The van der Waals surface area contributed by atoms with E-state index < -0.39 is 0 Å². The van der Waals surface area contributed by atoms with Crippen LogP contribution in [0.1, 0.15) is 30.9 Å². The number of rotatable bonds is 4. The van der Waals surface area contributed by atoms with Crippen LogP contribution in [-0.2, 0) is 0 Å². The summed E-state index contributed by atoms with van der Waals surface area (Å²) in [5.41, 5.74) is 2.40. The standard InChI is InChI=1S/C15H16N2O2/c1-11(2)15(13-7-9-16-10-8-13)12-3-5-14(6-4-12)17(18)19/h3-11,15H,1-2H3. The molecule has 0 bridgehead atoms. The van der Waals surface area contributed by atoms with Gasteiger partial charge in [0.25, 0.3) is 5.69 Å². The number of nitrogens with zero attached hydrogens (tertiary/aromatic N) is 2. The highest BCUT2D eigenvalue weighted by Gasteiger charge is 2.18. The summed E-state index contributed by atoms with van der Waals surface area (Å²) in [5.74, 6) is 0.632. The van der Waals surface area contributed by atoms with Crippen LogP contribution in [0.5, 0.6) is 0 Å².